The Balaban J connectivity index is 1.41. The van der Waals surface area contributed by atoms with E-state index in [0.29, 0.717) is 36.0 Å². The van der Waals surface area contributed by atoms with Crippen LogP contribution in [0.3, 0.4) is 0 Å². The number of pyridine rings is 1. The Morgan fingerprint density at radius 2 is 1.94 bits per heavy atom. The van der Waals surface area contributed by atoms with E-state index >= 15 is 0 Å². The topological polar surface area (TPSA) is 104 Å². The molecule has 0 aliphatic carbocycles. The van der Waals surface area contributed by atoms with Gasteiger partial charge in [-0.15, -0.1) is 11.3 Å². The van der Waals surface area contributed by atoms with E-state index in [1.807, 2.05) is 48.7 Å². The molecule has 1 saturated heterocycles. The molecule has 3 aromatic heterocycles. The molecule has 1 atom stereocenters. The van der Waals surface area contributed by atoms with E-state index in [-0.39, 0.29) is 5.91 Å². The highest BCUT2D eigenvalue weighted by Gasteiger charge is 2.45. The summed E-state index contributed by atoms with van der Waals surface area (Å²) in [4.78, 5) is 32.1. The zero-order valence-corrected chi connectivity index (χ0v) is 19.0. The summed E-state index contributed by atoms with van der Waals surface area (Å²) in [5.74, 6) is 0.838. The van der Waals surface area contributed by atoms with Crippen molar-refractivity contribution in [3.05, 3.63) is 71.4 Å². The van der Waals surface area contributed by atoms with Crippen molar-refractivity contribution < 1.29 is 9.90 Å². The van der Waals surface area contributed by atoms with Crippen LogP contribution in [0.2, 0.25) is 0 Å². The largest absolute Gasteiger partial charge is 0.375 e. The number of aliphatic hydroxyl groups is 1. The van der Waals surface area contributed by atoms with E-state index in [1.54, 1.807) is 30.3 Å². The van der Waals surface area contributed by atoms with Crippen LogP contribution in [0.1, 0.15) is 17.7 Å². The predicted octanol–water partition coefficient (Wildman–Crippen LogP) is 3.76. The van der Waals surface area contributed by atoms with Gasteiger partial charge < -0.3 is 15.3 Å². The van der Waals surface area contributed by atoms with Gasteiger partial charge in [-0.2, -0.15) is 0 Å². The number of nitrogens with one attached hydrogen (secondary N) is 1. The van der Waals surface area contributed by atoms with Gasteiger partial charge in [0.15, 0.2) is 5.60 Å². The van der Waals surface area contributed by atoms with Crippen molar-refractivity contribution in [3.63, 3.8) is 0 Å². The molecule has 0 radical (unpaired) electrons. The number of nitrogens with zero attached hydrogens (tertiary/aromatic N) is 5. The Hall–Kier alpha value is -3.69. The van der Waals surface area contributed by atoms with Gasteiger partial charge in [0.25, 0.3) is 5.91 Å². The number of hydrogen-bond acceptors (Lipinski definition) is 8. The molecule has 0 bridgehead atoms. The number of thiazole rings is 1. The Kier molecular flexibility index (Phi) is 5.35. The third kappa shape index (κ3) is 4.08. The summed E-state index contributed by atoms with van der Waals surface area (Å²) in [5.41, 5.74) is 2.25. The maximum Gasteiger partial charge on any atom is 0.258 e. The van der Waals surface area contributed by atoms with Crippen molar-refractivity contribution in [1.29, 1.82) is 0 Å². The number of amides is 1. The highest BCUT2D eigenvalue weighted by Crippen LogP contribution is 2.36. The van der Waals surface area contributed by atoms with Gasteiger partial charge in [-0.05, 0) is 36.8 Å². The minimum Gasteiger partial charge on any atom is -0.375 e. The molecule has 33 heavy (non-hydrogen) atoms. The van der Waals surface area contributed by atoms with Crippen molar-refractivity contribution in [2.45, 2.75) is 18.9 Å². The number of carbonyl (C=O) groups excluding carboxylic acids is 1. The smallest absolute Gasteiger partial charge is 0.258 e. The first-order valence-electron chi connectivity index (χ1n) is 10.5. The number of hydrogen-bond donors (Lipinski definition) is 2. The van der Waals surface area contributed by atoms with Gasteiger partial charge in [0.2, 0.25) is 5.95 Å². The zero-order valence-electron chi connectivity index (χ0n) is 18.2. The first-order chi connectivity index (χ1) is 15.9. The van der Waals surface area contributed by atoms with Gasteiger partial charge in [-0.1, -0.05) is 24.3 Å². The molecule has 1 aromatic carbocycles. The predicted molar refractivity (Wildman–Crippen MR) is 127 cm³/mol. The summed E-state index contributed by atoms with van der Waals surface area (Å²) in [7, 11) is 1.71. The molecule has 0 spiro atoms. The fraction of sp³-hybridized carbons (Fsp3) is 0.208. The van der Waals surface area contributed by atoms with Gasteiger partial charge >= 0.3 is 0 Å². The first kappa shape index (κ1) is 21.2. The molecule has 1 fully saturated rings. The molecule has 0 saturated carbocycles. The lowest BCUT2D eigenvalue weighted by Gasteiger charge is -2.21. The third-order valence-corrected chi connectivity index (χ3v) is 6.54. The Bertz CT molecular complexity index is 1340. The molecule has 5 rings (SSSR count). The molecule has 9 heteroatoms. The van der Waals surface area contributed by atoms with Crippen LogP contribution in [0.4, 0.5) is 11.8 Å². The molecular weight excluding hydrogens is 436 g/mol. The molecular formula is C24H22N6O2S. The fourth-order valence-electron chi connectivity index (χ4n) is 3.84. The zero-order chi connectivity index (χ0) is 23.0. The van der Waals surface area contributed by atoms with Crippen molar-refractivity contribution in [1.82, 2.24) is 24.8 Å². The summed E-state index contributed by atoms with van der Waals surface area (Å²) >= 11 is 1.48. The minimum absolute atomic E-state index is 0.274. The molecule has 1 aliphatic heterocycles. The average Bonchev–Trinajstić information content (AvgIpc) is 3.42. The number of rotatable bonds is 5. The normalized spacial score (nSPS) is 18.0. The highest BCUT2D eigenvalue weighted by molar-refractivity contribution is 7.13. The number of aromatic nitrogens is 4. The fourth-order valence-corrected chi connectivity index (χ4v) is 4.65. The van der Waals surface area contributed by atoms with Crippen LogP contribution >= 0.6 is 11.3 Å². The number of benzene rings is 1. The molecule has 1 amide bonds. The SMILES string of the molecule is Cc1cccc(Nc2nccc(-c3csc(-c4cccc(C5(O)CCN(C)C5=O)c4)n3)n2)n1. The van der Waals surface area contributed by atoms with E-state index in [0.717, 1.165) is 22.0 Å². The Morgan fingerprint density at radius 3 is 2.73 bits per heavy atom. The maximum absolute atomic E-state index is 12.5. The van der Waals surface area contributed by atoms with E-state index in [2.05, 4.69) is 20.3 Å². The summed E-state index contributed by atoms with van der Waals surface area (Å²) < 4.78 is 0. The van der Waals surface area contributed by atoms with Crippen LogP contribution in [-0.2, 0) is 10.4 Å². The lowest BCUT2D eigenvalue weighted by Crippen LogP contribution is -2.36. The minimum atomic E-state index is -1.48. The van der Waals surface area contributed by atoms with Crippen LogP contribution in [0.15, 0.2) is 60.1 Å². The number of carbonyl (C=O) groups is 1. The van der Waals surface area contributed by atoms with Gasteiger partial charge in [-0.25, -0.2) is 19.9 Å². The van der Waals surface area contributed by atoms with Crippen molar-refractivity contribution >= 4 is 29.0 Å². The van der Waals surface area contributed by atoms with Crippen LogP contribution in [0, 0.1) is 6.92 Å². The molecule has 8 nitrogen and oxygen atoms in total. The second-order valence-electron chi connectivity index (χ2n) is 8.01. The van der Waals surface area contributed by atoms with Crippen LogP contribution in [-0.4, -0.2) is 49.4 Å². The van der Waals surface area contributed by atoms with Crippen molar-refractivity contribution in [2.24, 2.45) is 0 Å². The lowest BCUT2D eigenvalue weighted by atomic mass is 9.91. The van der Waals surface area contributed by atoms with Crippen molar-refractivity contribution in [3.8, 4) is 22.0 Å². The molecule has 2 N–H and O–H groups in total. The number of likely N-dealkylation sites (tertiary alicyclic amines) is 1. The Morgan fingerprint density at radius 1 is 1.09 bits per heavy atom. The molecule has 166 valence electrons. The van der Waals surface area contributed by atoms with Crippen LogP contribution < -0.4 is 5.32 Å². The van der Waals surface area contributed by atoms with Crippen molar-refractivity contribution in [2.75, 3.05) is 18.9 Å². The first-order valence-corrected chi connectivity index (χ1v) is 11.4. The average molecular weight is 459 g/mol. The van der Waals surface area contributed by atoms with Gasteiger partial charge in [0.05, 0.1) is 5.69 Å². The summed E-state index contributed by atoms with van der Waals surface area (Å²) in [5, 5.41) is 16.8. The monoisotopic (exact) mass is 458 g/mol. The molecule has 4 heterocycles. The molecule has 1 unspecified atom stereocenters. The standard InChI is InChI=1S/C24H22N6O2S/c1-15-5-3-8-20(26-15)29-23-25-11-9-18(28-23)19-14-33-21(27-19)16-6-4-7-17(13-16)24(32)10-12-30(2)22(24)31/h3-9,11,13-14,32H,10,12H2,1-2H3,(H,25,26,28,29). The third-order valence-electron chi connectivity index (χ3n) is 5.65. The van der Waals surface area contributed by atoms with E-state index < -0.39 is 5.60 Å². The van der Waals surface area contributed by atoms with Crippen LogP contribution in [0.25, 0.3) is 22.0 Å². The number of anilines is 2. The maximum atomic E-state index is 12.5. The summed E-state index contributed by atoms with van der Waals surface area (Å²) in [6, 6.07) is 14.9. The Labute approximate surface area is 195 Å². The summed E-state index contributed by atoms with van der Waals surface area (Å²) in [6.07, 6.45) is 2.05. The summed E-state index contributed by atoms with van der Waals surface area (Å²) in [6.45, 7) is 2.46. The molecule has 4 aromatic rings. The van der Waals surface area contributed by atoms with Gasteiger partial charge in [0.1, 0.15) is 16.5 Å². The van der Waals surface area contributed by atoms with E-state index in [1.165, 1.54) is 11.3 Å². The highest BCUT2D eigenvalue weighted by atomic mass is 32.1. The van der Waals surface area contributed by atoms with E-state index in [9.17, 15) is 9.90 Å². The number of aryl methyl sites for hydroxylation is 1. The number of likely N-dealkylation sites (N-methyl/N-ethyl adjacent to an activating group) is 1. The quantitative estimate of drug-likeness (QED) is 0.469. The second kappa shape index (κ2) is 8.34. The van der Waals surface area contributed by atoms with Gasteiger partial charge in [-0.3, -0.25) is 4.79 Å². The lowest BCUT2D eigenvalue weighted by molar-refractivity contribution is -0.143. The van der Waals surface area contributed by atoms with Crippen LogP contribution in [0.5, 0.6) is 0 Å². The van der Waals surface area contributed by atoms with Gasteiger partial charge in [0, 0.05) is 42.8 Å². The molecule has 1 aliphatic rings. The second-order valence-corrected chi connectivity index (χ2v) is 8.87. The van der Waals surface area contributed by atoms with E-state index in [4.69, 9.17) is 4.98 Å².